The number of hydrogen-bond donors (Lipinski definition) is 1. The molecule has 2 aliphatic heterocycles. The molecule has 2 aliphatic rings. The molecule has 2 saturated heterocycles. The van der Waals surface area contributed by atoms with Gasteiger partial charge in [-0.3, -0.25) is 14.7 Å². The second-order valence-electron chi connectivity index (χ2n) is 7.59. The third kappa shape index (κ3) is 5.34. The van der Waals surface area contributed by atoms with Crippen LogP contribution in [0.15, 0.2) is 23.2 Å². The van der Waals surface area contributed by atoms with Gasteiger partial charge in [0, 0.05) is 63.4 Å². The molecule has 0 saturated carbocycles. The molecule has 0 radical (unpaired) electrons. The molecule has 160 valence electrons. The number of carbonyl (C=O) groups is 1. The Labute approximate surface area is 178 Å². The van der Waals surface area contributed by atoms with Crippen LogP contribution in [0.5, 0.6) is 5.75 Å². The fourth-order valence-electron chi connectivity index (χ4n) is 4.05. The Morgan fingerprint density at radius 2 is 1.86 bits per heavy atom. The largest absolute Gasteiger partial charge is 0.496 e. The Bertz CT molecular complexity index is 728. The quantitative estimate of drug-likeness (QED) is 0.582. The van der Waals surface area contributed by atoms with Crippen LogP contribution in [0.2, 0.25) is 5.02 Å². The highest BCUT2D eigenvalue weighted by molar-refractivity contribution is 6.30. The number of nitrogens with zero attached hydrogens (tertiary/aromatic N) is 4. The summed E-state index contributed by atoms with van der Waals surface area (Å²) in [6, 6.07) is 5.59. The molecule has 0 bridgehead atoms. The van der Waals surface area contributed by atoms with Gasteiger partial charge in [-0.05, 0) is 31.9 Å². The summed E-state index contributed by atoms with van der Waals surface area (Å²) < 4.78 is 5.42. The molecule has 2 heterocycles. The molecule has 1 N–H and O–H groups in total. The van der Waals surface area contributed by atoms with Gasteiger partial charge < -0.3 is 19.9 Å². The van der Waals surface area contributed by atoms with Gasteiger partial charge in [0.1, 0.15) is 5.75 Å². The van der Waals surface area contributed by atoms with E-state index in [-0.39, 0.29) is 11.9 Å². The van der Waals surface area contributed by atoms with Gasteiger partial charge >= 0.3 is 0 Å². The maximum atomic E-state index is 12.7. The van der Waals surface area contributed by atoms with Crippen LogP contribution in [-0.4, -0.2) is 86.0 Å². The minimum atomic E-state index is -0.0523. The Balaban J connectivity index is 1.51. The first kappa shape index (κ1) is 21.7. The zero-order valence-electron chi connectivity index (χ0n) is 17.7. The number of rotatable bonds is 5. The highest BCUT2D eigenvalue weighted by atomic mass is 35.5. The molecule has 1 atom stereocenters. The second-order valence-corrected chi connectivity index (χ2v) is 8.02. The molecular formula is C21H32ClN5O2. The molecule has 1 unspecified atom stereocenters. The first-order chi connectivity index (χ1) is 14.0. The van der Waals surface area contributed by atoms with E-state index in [0.29, 0.717) is 11.6 Å². The van der Waals surface area contributed by atoms with Gasteiger partial charge in [-0.25, -0.2) is 0 Å². The van der Waals surface area contributed by atoms with Crippen molar-refractivity contribution in [3.63, 3.8) is 0 Å². The number of ether oxygens (including phenoxy) is 1. The zero-order chi connectivity index (χ0) is 20.8. The van der Waals surface area contributed by atoms with Crippen LogP contribution in [0.1, 0.15) is 25.3 Å². The van der Waals surface area contributed by atoms with E-state index in [1.165, 1.54) is 0 Å². The predicted octanol–water partition coefficient (Wildman–Crippen LogP) is 2.05. The fourth-order valence-corrected chi connectivity index (χ4v) is 4.21. The van der Waals surface area contributed by atoms with E-state index in [9.17, 15) is 4.79 Å². The SMILES string of the molecule is CN=C(NCc1ccc(Cl)cc1OC)N1CCN(C(C)C(=O)N2CCCC2)CC1. The molecule has 0 aliphatic carbocycles. The molecule has 1 aromatic carbocycles. The van der Waals surface area contributed by atoms with Crippen molar-refractivity contribution in [2.24, 2.45) is 4.99 Å². The van der Waals surface area contributed by atoms with Crippen LogP contribution in [0, 0.1) is 0 Å². The van der Waals surface area contributed by atoms with Gasteiger partial charge in [-0.1, -0.05) is 17.7 Å². The summed E-state index contributed by atoms with van der Waals surface area (Å²) in [7, 11) is 3.45. The van der Waals surface area contributed by atoms with E-state index in [1.54, 1.807) is 14.2 Å². The summed E-state index contributed by atoms with van der Waals surface area (Å²) in [6.45, 7) is 7.86. The maximum absolute atomic E-state index is 12.7. The van der Waals surface area contributed by atoms with Crippen LogP contribution >= 0.6 is 11.6 Å². The summed E-state index contributed by atoms with van der Waals surface area (Å²) in [5.74, 6) is 1.90. The standard InChI is InChI=1S/C21H32ClN5O2/c1-16(20(28)26-8-4-5-9-26)25-10-12-27(13-11-25)21(23-2)24-15-17-6-7-18(22)14-19(17)29-3/h6-7,14,16H,4-5,8-13,15H2,1-3H3,(H,23,24). The molecule has 1 aromatic rings. The Morgan fingerprint density at radius 1 is 1.17 bits per heavy atom. The molecule has 3 rings (SSSR count). The van der Waals surface area contributed by atoms with Crippen LogP contribution in [0.25, 0.3) is 0 Å². The van der Waals surface area contributed by atoms with Gasteiger partial charge in [-0.2, -0.15) is 0 Å². The topological polar surface area (TPSA) is 60.4 Å². The monoisotopic (exact) mass is 421 g/mol. The number of carbonyl (C=O) groups excluding carboxylic acids is 1. The number of methoxy groups -OCH3 is 1. The highest BCUT2D eigenvalue weighted by Crippen LogP contribution is 2.23. The smallest absolute Gasteiger partial charge is 0.239 e. The number of nitrogens with one attached hydrogen (secondary N) is 1. The number of amides is 1. The normalized spacial score (nSPS) is 19.4. The lowest BCUT2D eigenvalue weighted by Gasteiger charge is -2.39. The van der Waals surface area contributed by atoms with Gasteiger partial charge in [-0.15, -0.1) is 0 Å². The van der Waals surface area contributed by atoms with Crippen molar-refractivity contribution in [2.75, 3.05) is 53.4 Å². The van der Waals surface area contributed by atoms with Gasteiger partial charge in [0.15, 0.2) is 5.96 Å². The van der Waals surface area contributed by atoms with Gasteiger partial charge in [0.05, 0.1) is 13.2 Å². The third-order valence-electron chi connectivity index (χ3n) is 5.83. The van der Waals surface area contributed by atoms with Gasteiger partial charge in [0.2, 0.25) is 5.91 Å². The molecule has 1 amide bonds. The van der Waals surface area contributed by atoms with Crippen molar-refractivity contribution in [1.82, 2.24) is 20.0 Å². The molecule has 8 heteroatoms. The lowest BCUT2D eigenvalue weighted by Crippen LogP contribution is -2.57. The molecule has 0 aromatic heterocycles. The first-order valence-electron chi connectivity index (χ1n) is 10.3. The minimum Gasteiger partial charge on any atom is -0.496 e. The van der Waals surface area contributed by atoms with Crippen LogP contribution in [0.3, 0.4) is 0 Å². The maximum Gasteiger partial charge on any atom is 0.239 e. The number of guanidine groups is 1. The van der Waals surface area contributed by atoms with Crippen molar-refractivity contribution >= 4 is 23.5 Å². The van der Waals surface area contributed by atoms with E-state index >= 15 is 0 Å². The lowest BCUT2D eigenvalue weighted by atomic mass is 10.2. The van der Waals surface area contributed by atoms with E-state index in [4.69, 9.17) is 16.3 Å². The predicted molar refractivity (Wildman–Crippen MR) is 117 cm³/mol. The van der Waals surface area contributed by atoms with Crippen LogP contribution in [-0.2, 0) is 11.3 Å². The summed E-state index contributed by atoms with van der Waals surface area (Å²) in [6.07, 6.45) is 2.26. The number of piperazine rings is 1. The minimum absolute atomic E-state index is 0.0523. The number of aliphatic imine (C=N–C) groups is 1. The Hall–Kier alpha value is -1.99. The number of benzene rings is 1. The summed E-state index contributed by atoms with van der Waals surface area (Å²) in [5.41, 5.74) is 1.03. The second kappa shape index (κ2) is 10.2. The van der Waals surface area contributed by atoms with E-state index in [2.05, 4.69) is 20.1 Å². The first-order valence-corrected chi connectivity index (χ1v) is 10.7. The van der Waals surface area contributed by atoms with E-state index < -0.39 is 0 Å². The van der Waals surface area contributed by atoms with Gasteiger partial charge in [0.25, 0.3) is 0 Å². The number of hydrogen-bond acceptors (Lipinski definition) is 4. The van der Waals surface area contributed by atoms with Crippen molar-refractivity contribution in [1.29, 1.82) is 0 Å². The van der Waals surface area contributed by atoms with Crippen molar-refractivity contribution in [3.8, 4) is 5.75 Å². The fraction of sp³-hybridized carbons (Fsp3) is 0.619. The Morgan fingerprint density at radius 3 is 2.48 bits per heavy atom. The summed E-state index contributed by atoms with van der Waals surface area (Å²) >= 11 is 6.05. The molecule has 7 nitrogen and oxygen atoms in total. The number of halogens is 1. The Kier molecular flexibility index (Phi) is 7.61. The highest BCUT2D eigenvalue weighted by Gasteiger charge is 2.30. The van der Waals surface area contributed by atoms with E-state index in [1.807, 2.05) is 30.0 Å². The third-order valence-corrected chi connectivity index (χ3v) is 6.07. The average molecular weight is 422 g/mol. The van der Waals surface area contributed by atoms with E-state index in [0.717, 1.165) is 69.4 Å². The molecule has 0 spiro atoms. The van der Waals surface area contributed by atoms with Crippen molar-refractivity contribution < 1.29 is 9.53 Å². The van der Waals surface area contributed by atoms with Crippen molar-refractivity contribution in [2.45, 2.75) is 32.4 Å². The summed E-state index contributed by atoms with van der Waals surface area (Å²) in [4.78, 5) is 23.6. The summed E-state index contributed by atoms with van der Waals surface area (Å²) in [5, 5.41) is 4.08. The zero-order valence-corrected chi connectivity index (χ0v) is 18.4. The lowest BCUT2D eigenvalue weighted by molar-refractivity contribution is -0.135. The van der Waals surface area contributed by atoms with Crippen molar-refractivity contribution in [3.05, 3.63) is 28.8 Å². The molecule has 2 fully saturated rings. The van der Waals surface area contributed by atoms with Crippen LogP contribution < -0.4 is 10.1 Å². The molecule has 29 heavy (non-hydrogen) atoms. The number of likely N-dealkylation sites (tertiary alicyclic amines) is 1. The average Bonchev–Trinajstić information content (AvgIpc) is 3.29. The van der Waals surface area contributed by atoms with Crippen LogP contribution in [0.4, 0.5) is 0 Å². The molecular weight excluding hydrogens is 390 g/mol.